The summed E-state index contributed by atoms with van der Waals surface area (Å²) in [5, 5.41) is 19.8. The molecule has 0 aliphatic heterocycles. The monoisotopic (exact) mass is 296 g/mol. The summed E-state index contributed by atoms with van der Waals surface area (Å²) in [6.45, 7) is 1.73. The van der Waals surface area contributed by atoms with Crippen molar-refractivity contribution in [3.8, 4) is 6.07 Å². The molecule has 1 aromatic carbocycles. The first-order valence-corrected chi connectivity index (χ1v) is 5.45. The van der Waals surface area contributed by atoms with Crippen molar-refractivity contribution in [3.05, 3.63) is 27.7 Å². The van der Waals surface area contributed by atoms with Gasteiger partial charge in [-0.2, -0.15) is 5.26 Å². The lowest BCUT2D eigenvalue weighted by Crippen LogP contribution is -2.12. The zero-order valence-electron chi connectivity index (χ0n) is 8.95. The molecule has 0 atom stereocenters. The molecule has 1 rings (SSSR count). The lowest BCUT2D eigenvalue weighted by molar-refractivity contribution is -0.115. The van der Waals surface area contributed by atoms with Crippen LogP contribution in [-0.2, 0) is 4.79 Å². The number of nitriles is 1. The first-order valence-electron chi connectivity index (χ1n) is 4.66. The van der Waals surface area contributed by atoms with Gasteiger partial charge in [-0.1, -0.05) is 0 Å². The Morgan fingerprint density at radius 1 is 1.53 bits per heavy atom. The number of carbonyl (C=O) groups is 2. The van der Waals surface area contributed by atoms with Gasteiger partial charge in [0.05, 0.1) is 11.6 Å². The number of aromatic carboxylic acids is 1. The molecule has 5 nitrogen and oxygen atoms in total. The summed E-state index contributed by atoms with van der Waals surface area (Å²) < 4.78 is 0.445. The third-order valence-electron chi connectivity index (χ3n) is 2.06. The highest BCUT2D eigenvalue weighted by molar-refractivity contribution is 9.10. The molecule has 0 radical (unpaired) electrons. The highest BCUT2D eigenvalue weighted by Crippen LogP contribution is 2.25. The van der Waals surface area contributed by atoms with Crippen LogP contribution in [0.2, 0.25) is 0 Å². The number of hydrogen-bond acceptors (Lipinski definition) is 3. The van der Waals surface area contributed by atoms with Gasteiger partial charge < -0.3 is 10.4 Å². The van der Waals surface area contributed by atoms with Crippen LogP contribution in [-0.4, -0.2) is 17.0 Å². The number of carboxylic acids is 1. The summed E-state index contributed by atoms with van der Waals surface area (Å²) in [6, 6.07) is 4.68. The fraction of sp³-hybridized carbons (Fsp3) is 0.182. The van der Waals surface area contributed by atoms with Crippen molar-refractivity contribution in [3.63, 3.8) is 0 Å². The second kappa shape index (κ2) is 5.46. The van der Waals surface area contributed by atoms with Crippen molar-refractivity contribution in [2.45, 2.75) is 13.3 Å². The van der Waals surface area contributed by atoms with Crippen molar-refractivity contribution < 1.29 is 14.7 Å². The molecular formula is C11H9BrN2O3. The van der Waals surface area contributed by atoms with Gasteiger partial charge in [0.25, 0.3) is 0 Å². The molecule has 0 saturated carbocycles. The summed E-state index contributed by atoms with van der Waals surface area (Å²) in [4.78, 5) is 22.1. The van der Waals surface area contributed by atoms with E-state index >= 15 is 0 Å². The zero-order valence-corrected chi connectivity index (χ0v) is 10.5. The average Bonchev–Trinajstić information content (AvgIpc) is 2.21. The molecular weight excluding hydrogens is 288 g/mol. The zero-order chi connectivity index (χ0) is 13.0. The van der Waals surface area contributed by atoms with E-state index in [1.165, 1.54) is 6.07 Å². The van der Waals surface area contributed by atoms with Crippen LogP contribution in [0.4, 0.5) is 5.69 Å². The van der Waals surface area contributed by atoms with Crippen LogP contribution >= 0.6 is 15.9 Å². The molecule has 0 heterocycles. The van der Waals surface area contributed by atoms with Gasteiger partial charge in [-0.05, 0) is 40.5 Å². The largest absolute Gasteiger partial charge is 0.478 e. The Hall–Kier alpha value is -1.87. The normalized spacial score (nSPS) is 9.47. The van der Waals surface area contributed by atoms with E-state index in [4.69, 9.17) is 10.4 Å². The van der Waals surface area contributed by atoms with Gasteiger partial charge in [-0.25, -0.2) is 4.79 Å². The predicted molar refractivity (Wildman–Crippen MR) is 64.7 cm³/mol. The Kier molecular flexibility index (Phi) is 4.24. The minimum absolute atomic E-state index is 0.0582. The number of nitrogens with one attached hydrogen (secondary N) is 1. The molecule has 0 aliphatic rings. The van der Waals surface area contributed by atoms with Crippen molar-refractivity contribution in [1.29, 1.82) is 5.26 Å². The fourth-order valence-electron chi connectivity index (χ4n) is 1.24. The Labute approximate surface area is 106 Å². The summed E-state index contributed by atoms with van der Waals surface area (Å²) in [5.41, 5.74) is 1.17. The lowest BCUT2D eigenvalue weighted by Gasteiger charge is -2.09. The van der Waals surface area contributed by atoms with Gasteiger partial charge in [-0.3, -0.25) is 4.79 Å². The predicted octanol–water partition coefficient (Wildman–Crippen LogP) is 2.31. The quantitative estimate of drug-likeness (QED) is 0.895. The van der Waals surface area contributed by atoms with Crippen LogP contribution in [0.3, 0.4) is 0 Å². The third kappa shape index (κ3) is 3.29. The van der Waals surface area contributed by atoms with Crippen molar-refractivity contribution >= 4 is 33.5 Å². The molecule has 0 spiro atoms. The summed E-state index contributed by atoms with van der Waals surface area (Å²) in [7, 11) is 0. The molecule has 1 aromatic rings. The smallest absolute Gasteiger partial charge is 0.336 e. The minimum Gasteiger partial charge on any atom is -0.478 e. The standard InChI is InChI=1S/C11H9BrN2O3/c1-6-4-8(12)7(11(16)17)5-9(6)14-10(15)2-3-13/h4-5H,2H2,1H3,(H,14,15)(H,16,17). The Morgan fingerprint density at radius 3 is 2.71 bits per heavy atom. The molecule has 0 fully saturated rings. The number of aryl methyl sites for hydroxylation is 1. The number of amides is 1. The molecule has 0 unspecified atom stereocenters. The van der Waals surface area contributed by atoms with E-state index in [1.807, 2.05) is 0 Å². The molecule has 1 amide bonds. The van der Waals surface area contributed by atoms with Gasteiger partial charge in [0, 0.05) is 10.2 Å². The Bertz CT molecular complexity index is 520. The van der Waals surface area contributed by atoms with E-state index in [0.717, 1.165) is 0 Å². The maximum absolute atomic E-state index is 11.2. The van der Waals surface area contributed by atoms with Gasteiger partial charge in [0.2, 0.25) is 5.91 Å². The van der Waals surface area contributed by atoms with Crippen LogP contribution in [0.1, 0.15) is 22.3 Å². The molecule has 0 saturated heterocycles. The van der Waals surface area contributed by atoms with Crippen LogP contribution in [0.15, 0.2) is 16.6 Å². The highest BCUT2D eigenvalue weighted by atomic mass is 79.9. The molecule has 0 aromatic heterocycles. The summed E-state index contributed by atoms with van der Waals surface area (Å²) in [6.07, 6.45) is -0.266. The highest BCUT2D eigenvalue weighted by Gasteiger charge is 2.13. The van der Waals surface area contributed by atoms with E-state index in [-0.39, 0.29) is 12.0 Å². The van der Waals surface area contributed by atoms with Gasteiger partial charge in [-0.15, -0.1) is 0 Å². The SMILES string of the molecule is Cc1cc(Br)c(C(=O)O)cc1NC(=O)CC#N. The van der Waals surface area contributed by atoms with Crippen LogP contribution in [0.25, 0.3) is 0 Å². The number of carbonyl (C=O) groups excluding carboxylic acids is 1. The van der Waals surface area contributed by atoms with Crippen molar-refractivity contribution in [2.75, 3.05) is 5.32 Å². The number of carboxylic acid groups (broad SMARTS) is 1. The second-order valence-electron chi connectivity index (χ2n) is 3.34. The number of halogens is 1. The summed E-state index contributed by atoms with van der Waals surface area (Å²) >= 11 is 3.13. The van der Waals surface area contributed by atoms with Gasteiger partial charge in [0.1, 0.15) is 6.42 Å². The first-order chi connectivity index (χ1) is 7.95. The second-order valence-corrected chi connectivity index (χ2v) is 4.19. The number of rotatable bonds is 3. The van der Waals surface area contributed by atoms with Gasteiger partial charge in [0.15, 0.2) is 0 Å². The number of anilines is 1. The average molecular weight is 297 g/mol. The van der Waals surface area contributed by atoms with E-state index in [0.29, 0.717) is 15.7 Å². The van der Waals surface area contributed by atoms with Crippen LogP contribution in [0.5, 0.6) is 0 Å². The Balaban J connectivity index is 3.09. The van der Waals surface area contributed by atoms with Gasteiger partial charge >= 0.3 is 5.97 Å². The third-order valence-corrected chi connectivity index (χ3v) is 2.71. The molecule has 2 N–H and O–H groups in total. The number of benzene rings is 1. The lowest BCUT2D eigenvalue weighted by atomic mass is 10.1. The summed E-state index contributed by atoms with van der Waals surface area (Å²) in [5.74, 6) is -1.55. The fourth-order valence-corrected chi connectivity index (χ4v) is 1.86. The first kappa shape index (κ1) is 13.2. The molecule has 6 heteroatoms. The Morgan fingerprint density at radius 2 is 2.18 bits per heavy atom. The maximum Gasteiger partial charge on any atom is 0.336 e. The van der Waals surface area contributed by atoms with E-state index in [1.54, 1.807) is 19.1 Å². The maximum atomic E-state index is 11.2. The van der Waals surface area contributed by atoms with Crippen LogP contribution in [0, 0.1) is 18.3 Å². The number of hydrogen-bond donors (Lipinski definition) is 2. The molecule has 0 aliphatic carbocycles. The van der Waals surface area contributed by atoms with Crippen molar-refractivity contribution in [2.24, 2.45) is 0 Å². The topological polar surface area (TPSA) is 90.2 Å². The van der Waals surface area contributed by atoms with E-state index < -0.39 is 11.9 Å². The van der Waals surface area contributed by atoms with Crippen molar-refractivity contribution in [1.82, 2.24) is 0 Å². The minimum atomic E-state index is -1.09. The van der Waals surface area contributed by atoms with E-state index in [2.05, 4.69) is 21.2 Å². The van der Waals surface area contributed by atoms with E-state index in [9.17, 15) is 9.59 Å². The molecule has 88 valence electrons. The van der Waals surface area contributed by atoms with Crippen LogP contribution < -0.4 is 5.32 Å². The number of nitrogens with zero attached hydrogens (tertiary/aromatic N) is 1. The molecule has 17 heavy (non-hydrogen) atoms. The molecule has 0 bridgehead atoms.